The van der Waals surface area contributed by atoms with Crippen LogP contribution in [0.3, 0.4) is 0 Å². The first kappa shape index (κ1) is 11.9. The molecule has 3 nitrogen and oxygen atoms in total. The topological polar surface area (TPSA) is 50.1 Å². The van der Waals surface area contributed by atoms with E-state index >= 15 is 0 Å². The molecule has 0 rings (SSSR count). The molecule has 14 heavy (non-hydrogen) atoms. The standard InChI is InChI=1S/C11H11NO2/c1-4-6-10(7-12)11(13)14-8-9(3)5-2/h4-6H,1-3,8H2. The van der Waals surface area contributed by atoms with Gasteiger partial charge in [0.2, 0.25) is 0 Å². The van der Waals surface area contributed by atoms with Crippen molar-refractivity contribution in [2.24, 2.45) is 0 Å². The maximum atomic E-state index is 11.1. The molecule has 0 heterocycles. The van der Waals surface area contributed by atoms with Gasteiger partial charge in [-0.2, -0.15) is 5.26 Å². The van der Waals surface area contributed by atoms with Gasteiger partial charge in [-0.15, -0.1) is 0 Å². The molecule has 0 amide bonds. The Kier molecular flexibility index (Phi) is 5.48. The molecule has 0 atom stereocenters. The van der Waals surface area contributed by atoms with E-state index in [0.717, 1.165) is 0 Å². The fourth-order valence-corrected chi connectivity index (χ4v) is 0.564. The highest BCUT2D eigenvalue weighted by Gasteiger charge is 2.08. The Morgan fingerprint density at radius 1 is 1.50 bits per heavy atom. The van der Waals surface area contributed by atoms with Crippen molar-refractivity contribution in [1.29, 1.82) is 5.26 Å². The van der Waals surface area contributed by atoms with Crippen molar-refractivity contribution in [2.45, 2.75) is 0 Å². The Morgan fingerprint density at radius 3 is 2.57 bits per heavy atom. The minimum absolute atomic E-state index is 0.0402. The highest BCUT2D eigenvalue weighted by molar-refractivity contribution is 5.93. The molecule has 0 fully saturated rings. The van der Waals surface area contributed by atoms with Crippen molar-refractivity contribution in [3.63, 3.8) is 0 Å². The normalized spacial score (nSPS) is 9.79. The Labute approximate surface area is 83.3 Å². The zero-order valence-corrected chi connectivity index (χ0v) is 7.82. The fourth-order valence-electron chi connectivity index (χ4n) is 0.564. The maximum Gasteiger partial charge on any atom is 0.349 e. The van der Waals surface area contributed by atoms with Crippen LogP contribution in [0.5, 0.6) is 0 Å². The SMILES string of the molecule is C=CC=C(C#N)C(=O)OCC(=C)C=C. The number of allylic oxidation sites excluding steroid dienone is 2. The van der Waals surface area contributed by atoms with Crippen LogP contribution in [0, 0.1) is 11.3 Å². The van der Waals surface area contributed by atoms with E-state index < -0.39 is 5.97 Å². The van der Waals surface area contributed by atoms with Crippen LogP contribution < -0.4 is 0 Å². The van der Waals surface area contributed by atoms with E-state index in [1.165, 1.54) is 18.2 Å². The molecule has 0 aliphatic rings. The molecule has 0 aromatic carbocycles. The Balaban J connectivity index is 4.28. The smallest absolute Gasteiger partial charge is 0.349 e. The minimum Gasteiger partial charge on any atom is -0.457 e. The van der Waals surface area contributed by atoms with Gasteiger partial charge in [0.25, 0.3) is 0 Å². The molecule has 0 spiro atoms. The second-order valence-corrected chi connectivity index (χ2v) is 2.37. The summed E-state index contributed by atoms with van der Waals surface area (Å²) in [5.41, 5.74) is 0.492. The number of carbonyl (C=O) groups excluding carboxylic acids is 1. The summed E-state index contributed by atoms with van der Waals surface area (Å²) < 4.78 is 4.75. The molecule has 0 N–H and O–H groups in total. The lowest BCUT2D eigenvalue weighted by Crippen LogP contribution is -2.08. The van der Waals surface area contributed by atoms with E-state index in [9.17, 15) is 4.79 Å². The quantitative estimate of drug-likeness (QED) is 0.287. The highest BCUT2D eigenvalue weighted by atomic mass is 16.5. The van der Waals surface area contributed by atoms with Crippen LogP contribution in [-0.2, 0) is 9.53 Å². The summed E-state index contributed by atoms with van der Waals surface area (Å²) in [5.74, 6) is -0.685. The number of carbonyl (C=O) groups is 1. The molecular formula is C11H11NO2. The predicted octanol–water partition coefficient (Wildman–Crippen LogP) is 1.91. The first-order chi connectivity index (χ1) is 6.65. The van der Waals surface area contributed by atoms with E-state index in [-0.39, 0.29) is 12.2 Å². The van der Waals surface area contributed by atoms with Gasteiger partial charge < -0.3 is 4.74 Å². The van der Waals surface area contributed by atoms with Crippen molar-refractivity contribution in [1.82, 2.24) is 0 Å². The van der Waals surface area contributed by atoms with Gasteiger partial charge in [0.15, 0.2) is 0 Å². The molecule has 0 unspecified atom stereocenters. The first-order valence-electron chi connectivity index (χ1n) is 3.85. The number of hydrogen-bond acceptors (Lipinski definition) is 3. The van der Waals surface area contributed by atoms with Gasteiger partial charge >= 0.3 is 5.97 Å². The van der Waals surface area contributed by atoms with Crippen molar-refractivity contribution in [2.75, 3.05) is 6.61 Å². The summed E-state index contributed by atoms with van der Waals surface area (Å²) >= 11 is 0. The van der Waals surface area contributed by atoms with Gasteiger partial charge in [0, 0.05) is 0 Å². The summed E-state index contributed by atoms with van der Waals surface area (Å²) in [6.45, 7) is 10.4. The fraction of sp³-hybridized carbons (Fsp3) is 0.0909. The molecule has 0 aromatic heterocycles. The molecule has 0 aliphatic heterocycles. The van der Waals surface area contributed by atoms with Crippen LogP contribution in [0.4, 0.5) is 0 Å². The van der Waals surface area contributed by atoms with Crippen molar-refractivity contribution in [3.8, 4) is 6.07 Å². The molecule has 0 bridgehead atoms. The van der Waals surface area contributed by atoms with Gasteiger partial charge in [-0.25, -0.2) is 4.79 Å². The van der Waals surface area contributed by atoms with Gasteiger partial charge in [-0.05, 0) is 11.6 Å². The molecule has 0 radical (unpaired) electrons. The lowest BCUT2D eigenvalue weighted by Gasteiger charge is -2.02. The van der Waals surface area contributed by atoms with Crippen LogP contribution in [-0.4, -0.2) is 12.6 Å². The van der Waals surface area contributed by atoms with Gasteiger partial charge in [0.1, 0.15) is 18.2 Å². The highest BCUT2D eigenvalue weighted by Crippen LogP contribution is 2.00. The second kappa shape index (κ2) is 6.44. The van der Waals surface area contributed by atoms with E-state index in [1.54, 1.807) is 6.07 Å². The van der Waals surface area contributed by atoms with E-state index in [0.29, 0.717) is 5.57 Å². The number of ether oxygens (including phenoxy) is 1. The third-order valence-corrected chi connectivity index (χ3v) is 1.30. The van der Waals surface area contributed by atoms with Crippen LogP contribution in [0.15, 0.2) is 49.1 Å². The molecule has 0 aliphatic carbocycles. The zero-order valence-electron chi connectivity index (χ0n) is 7.82. The largest absolute Gasteiger partial charge is 0.457 e. The van der Waals surface area contributed by atoms with Gasteiger partial charge in [-0.3, -0.25) is 0 Å². The van der Waals surface area contributed by atoms with E-state index in [1.807, 2.05) is 0 Å². The number of hydrogen-bond donors (Lipinski definition) is 0. The second-order valence-electron chi connectivity index (χ2n) is 2.37. The first-order valence-corrected chi connectivity index (χ1v) is 3.85. The summed E-state index contributed by atoms with van der Waals surface area (Å²) in [4.78, 5) is 11.1. The molecule has 0 saturated carbocycles. The molecule has 3 heteroatoms. The molecule has 0 saturated heterocycles. The average Bonchev–Trinajstić information content (AvgIpc) is 2.21. The number of nitrogens with zero attached hydrogens (tertiary/aromatic N) is 1. The predicted molar refractivity (Wildman–Crippen MR) is 54.2 cm³/mol. The van der Waals surface area contributed by atoms with Crippen LogP contribution >= 0.6 is 0 Å². The average molecular weight is 189 g/mol. The van der Waals surface area contributed by atoms with Crippen molar-refractivity contribution < 1.29 is 9.53 Å². The summed E-state index contributed by atoms with van der Waals surface area (Å²) in [6.07, 6.45) is 4.12. The Bertz CT molecular complexity index is 332. The van der Waals surface area contributed by atoms with Crippen molar-refractivity contribution in [3.05, 3.63) is 49.1 Å². The van der Waals surface area contributed by atoms with Gasteiger partial charge in [-0.1, -0.05) is 31.9 Å². The molecular weight excluding hydrogens is 178 g/mol. The third-order valence-electron chi connectivity index (χ3n) is 1.30. The summed E-state index contributed by atoms with van der Waals surface area (Å²) in [7, 11) is 0. The number of nitriles is 1. The monoisotopic (exact) mass is 189 g/mol. The minimum atomic E-state index is -0.685. The zero-order chi connectivity index (χ0) is 11.0. The lowest BCUT2D eigenvalue weighted by molar-refractivity contribution is -0.137. The van der Waals surface area contributed by atoms with Crippen LogP contribution in [0.25, 0.3) is 0 Å². The summed E-state index contributed by atoms with van der Waals surface area (Å²) in [6, 6.07) is 1.70. The Hall–Kier alpha value is -2.08. The van der Waals surface area contributed by atoms with Crippen molar-refractivity contribution >= 4 is 5.97 Å². The van der Waals surface area contributed by atoms with E-state index in [2.05, 4.69) is 19.7 Å². The van der Waals surface area contributed by atoms with Gasteiger partial charge in [0.05, 0.1) is 0 Å². The van der Waals surface area contributed by atoms with E-state index in [4.69, 9.17) is 10.00 Å². The number of rotatable bonds is 5. The number of esters is 1. The third kappa shape index (κ3) is 4.07. The molecule has 0 aromatic rings. The summed E-state index contributed by atoms with van der Waals surface area (Å²) in [5, 5.41) is 8.54. The van der Waals surface area contributed by atoms with Crippen LogP contribution in [0.1, 0.15) is 0 Å². The molecule has 72 valence electrons. The van der Waals surface area contributed by atoms with Crippen LogP contribution in [0.2, 0.25) is 0 Å². The maximum absolute atomic E-state index is 11.1. The Morgan fingerprint density at radius 2 is 2.14 bits per heavy atom. The lowest BCUT2D eigenvalue weighted by atomic mass is 10.2.